The van der Waals surface area contributed by atoms with Gasteiger partial charge in [-0.2, -0.15) is 4.31 Å². The first kappa shape index (κ1) is 14.6. The third-order valence-electron chi connectivity index (χ3n) is 2.41. The van der Waals surface area contributed by atoms with E-state index < -0.39 is 16.0 Å². The lowest BCUT2D eigenvalue weighted by molar-refractivity contribution is -0.140. The molecule has 1 rings (SSSR count). The summed E-state index contributed by atoms with van der Waals surface area (Å²) in [5.74, 6) is -0.650. The maximum atomic E-state index is 12.2. The summed E-state index contributed by atoms with van der Waals surface area (Å²) in [5, 5.41) is 9.12. The minimum Gasteiger partial charge on any atom is -0.468 e. The summed E-state index contributed by atoms with van der Waals surface area (Å²) >= 11 is 0. The molecular formula is C11H15NO5S. The largest absolute Gasteiger partial charge is 0.468 e. The second kappa shape index (κ2) is 5.94. The maximum Gasteiger partial charge on any atom is 0.321 e. The molecule has 1 aromatic rings. The van der Waals surface area contributed by atoms with Crippen molar-refractivity contribution in [1.82, 2.24) is 4.31 Å². The fraction of sp³-hybridized carbons (Fsp3) is 0.364. The quantitative estimate of drug-likeness (QED) is 0.762. The van der Waals surface area contributed by atoms with Gasteiger partial charge in [0.1, 0.15) is 6.54 Å². The summed E-state index contributed by atoms with van der Waals surface area (Å²) in [5.41, 5.74) is 0.286. The molecule has 18 heavy (non-hydrogen) atoms. The molecule has 0 radical (unpaired) electrons. The van der Waals surface area contributed by atoms with Crippen molar-refractivity contribution >= 4 is 16.0 Å². The third kappa shape index (κ3) is 3.06. The van der Waals surface area contributed by atoms with Gasteiger partial charge in [-0.05, 0) is 11.6 Å². The number of aliphatic hydroxyl groups is 1. The summed E-state index contributed by atoms with van der Waals surface area (Å²) in [6.45, 7) is -0.764. The van der Waals surface area contributed by atoms with Gasteiger partial charge in [-0.1, -0.05) is 18.2 Å². The zero-order chi connectivity index (χ0) is 13.8. The molecule has 0 bridgehead atoms. The number of rotatable bonds is 5. The van der Waals surface area contributed by atoms with Crippen molar-refractivity contribution < 1.29 is 23.1 Å². The van der Waals surface area contributed by atoms with Gasteiger partial charge in [0.15, 0.2) is 0 Å². The highest BCUT2D eigenvalue weighted by molar-refractivity contribution is 7.89. The van der Waals surface area contributed by atoms with Crippen LogP contribution in [0.3, 0.4) is 0 Å². The number of methoxy groups -OCH3 is 1. The average molecular weight is 273 g/mol. The average Bonchev–Trinajstić information content (AvgIpc) is 2.38. The van der Waals surface area contributed by atoms with E-state index >= 15 is 0 Å². The van der Waals surface area contributed by atoms with Crippen LogP contribution in [0, 0.1) is 0 Å². The van der Waals surface area contributed by atoms with Crippen LogP contribution in [0.5, 0.6) is 0 Å². The summed E-state index contributed by atoms with van der Waals surface area (Å²) in [6.07, 6.45) is 0. The number of hydrogen-bond donors (Lipinski definition) is 1. The molecule has 0 aliphatic heterocycles. The topological polar surface area (TPSA) is 83.9 Å². The van der Waals surface area contributed by atoms with Crippen molar-refractivity contribution in [3.8, 4) is 0 Å². The number of nitrogens with zero attached hydrogens (tertiary/aromatic N) is 1. The Hall–Kier alpha value is -1.44. The highest BCUT2D eigenvalue weighted by Gasteiger charge is 2.25. The fourth-order valence-corrected chi connectivity index (χ4v) is 2.71. The van der Waals surface area contributed by atoms with Crippen LogP contribution >= 0.6 is 0 Å². The lowest BCUT2D eigenvalue weighted by atomic mass is 10.2. The van der Waals surface area contributed by atoms with Gasteiger partial charge < -0.3 is 9.84 Å². The van der Waals surface area contributed by atoms with Crippen LogP contribution in [-0.4, -0.2) is 44.5 Å². The van der Waals surface area contributed by atoms with E-state index in [1.165, 1.54) is 26.3 Å². The van der Waals surface area contributed by atoms with Gasteiger partial charge in [0.2, 0.25) is 10.0 Å². The first-order chi connectivity index (χ1) is 8.43. The van der Waals surface area contributed by atoms with Crippen LogP contribution in [0.15, 0.2) is 29.2 Å². The molecule has 0 saturated carbocycles. The molecule has 0 heterocycles. The third-order valence-corrected chi connectivity index (χ3v) is 4.31. The van der Waals surface area contributed by atoms with E-state index in [-0.39, 0.29) is 23.6 Å². The zero-order valence-electron chi connectivity index (χ0n) is 10.2. The first-order valence-corrected chi connectivity index (χ1v) is 6.59. The molecule has 100 valence electrons. The number of benzene rings is 1. The smallest absolute Gasteiger partial charge is 0.321 e. The molecule has 0 atom stereocenters. The molecule has 1 N–H and O–H groups in total. The van der Waals surface area contributed by atoms with Crippen molar-refractivity contribution in [2.24, 2.45) is 0 Å². The molecule has 1 aromatic carbocycles. The summed E-state index contributed by atoms with van der Waals surface area (Å²) in [4.78, 5) is 11.1. The number of ether oxygens (including phenoxy) is 1. The lowest BCUT2D eigenvalue weighted by Crippen LogP contribution is -2.33. The molecule has 0 amide bonds. The van der Waals surface area contributed by atoms with Gasteiger partial charge in [-0.25, -0.2) is 8.42 Å². The van der Waals surface area contributed by atoms with Crippen molar-refractivity contribution in [3.05, 3.63) is 29.8 Å². The van der Waals surface area contributed by atoms with Crippen LogP contribution in [0.1, 0.15) is 5.56 Å². The van der Waals surface area contributed by atoms with Crippen molar-refractivity contribution in [2.45, 2.75) is 11.5 Å². The van der Waals surface area contributed by atoms with Crippen molar-refractivity contribution in [1.29, 1.82) is 0 Å². The summed E-state index contributed by atoms with van der Waals surface area (Å²) < 4.78 is 29.6. The number of hydrogen-bond acceptors (Lipinski definition) is 5. The van der Waals surface area contributed by atoms with E-state index in [1.807, 2.05) is 0 Å². The molecule has 7 heteroatoms. The van der Waals surface area contributed by atoms with Crippen LogP contribution in [0.4, 0.5) is 0 Å². The molecule has 0 aliphatic carbocycles. The van der Waals surface area contributed by atoms with E-state index in [9.17, 15) is 13.2 Å². The molecule has 0 unspecified atom stereocenters. The van der Waals surface area contributed by atoms with Crippen LogP contribution < -0.4 is 0 Å². The Morgan fingerprint density at radius 2 is 2.00 bits per heavy atom. The van der Waals surface area contributed by atoms with Gasteiger partial charge in [-0.15, -0.1) is 0 Å². The highest BCUT2D eigenvalue weighted by Crippen LogP contribution is 2.19. The first-order valence-electron chi connectivity index (χ1n) is 5.15. The predicted molar refractivity (Wildman–Crippen MR) is 64.2 cm³/mol. The van der Waals surface area contributed by atoms with E-state index in [2.05, 4.69) is 4.74 Å². The molecule has 0 aliphatic rings. The van der Waals surface area contributed by atoms with Gasteiger partial charge >= 0.3 is 5.97 Å². The molecule has 0 fully saturated rings. The SMILES string of the molecule is COC(=O)CN(C)S(=O)(=O)c1ccccc1CO. The second-order valence-electron chi connectivity index (χ2n) is 3.60. The van der Waals surface area contributed by atoms with Crippen molar-refractivity contribution in [3.63, 3.8) is 0 Å². The number of aliphatic hydroxyl groups excluding tert-OH is 1. The standard InChI is InChI=1S/C11H15NO5S/c1-12(7-11(14)17-2)18(15,16)10-6-4-3-5-9(10)8-13/h3-6,13H,7-8H2,1-2H3. The highest BCUT2D eigenvalue weighted by atomic mass is 32.2. The van der Waals surface area contributed by atoms with Gasteiger partial charge in [0.25, 0.3) is 0 Å². The zero-order valence-corrected chi connectivity index (χ0v) is 11.0. The normalized spacial score (nSPS) is 11.6. The summed E-state index contributed by atoms with van der Waals surface area (Å²) in [7, 11) is -1.35. The van der Waals surface area contributed by atoms with Gasteiger partial charge in [-0.3, -0.25) is 4.79 Å². The Morgan fingerprint density at radius 1 is 1.39 bits per heavy atom. The minimum absolute atomic E-state index is 0.0149. The van der Waals surface area contributed by atoms with Gasteiger partial charge in [0.05, 0.1) is 18.6 Å². The van der Waals surface area contributed by atoms with E-state index in [0.717, 1.165) is 4.31 Å². The molecular weight excluding hydrogens is 258 g/mol. The van der Waals surface area contributed by atoms with E-state index in [1.54, 1.807) is 12.1 Å². The summed E-state index contributed by atoms with van der Waals surface area (Å²) in [6, 6.07) is 6.08. The Balaban J connectivity index is 3.09. The molecule has 0 aromatic heterocycles. The van der Waals surface area contributed by atoms with Gasteiger partial charge in [0, 0.05) is 7.05 Å². The van der Waals surface area contributed by atoms with Crippen LogP contribution in [0.2, 0.25) is 0 Å². The number of likely N-dealkylation sites (N-methyl/N-ethyl adjacent to an activating group) is 1. The molecule has 6 nitrogen and oxygen atoms in total. The van der Waals surface area contributed by atoms with Crippen LogP contribution in [0.25, 0.3) is 0 Å². The Kier molecular flexibility index (Phi) is 4.83. The minimum atomic E-state index is -3.81. The Morgan fingerprint density at radius 3 is 2.56 bits per heavy atom. The maximum absolute atomic E-state index is 12.2. The lowest BCUT2D eigenvalue weighted by Gasteiger charge is -2.17. The second-order valence-corrected chi connectivity index (χ2v) is 5.62. The molecule has 0 saturated heterocycles. The molecule has 0 spiro atoms. The monoisotopic (exact) mass is 273 g/mol. The van der Waals surface area contributed by atoms with E-state index in [4.69, 9.17) is 5.11 Å². The van der Waals surface area contributed by atoms with Crippen molar-refractivity contribution in [2.75, 3.05) is 20.7 Å². The fourth-order valence-electron chi connectivity index (χ4n) is 1.39. The number of carbonyl (C=O) groups is 1. The van der Waals surface area contributed by atoms with Crippen LogP contribution in [-0.2, 0) is 26.2 Å². The van der Waals surface area contributed by atoms with E-state index in [0.29, 0.717) is 0 Å². The predicted octanol–water partition coefficient (Wildman–Crippen LogP) is -0.0276. The number of esters is 1. The Bertz CT molecular complexity index is 526. The number of sulfonamides is 1. The number of carbonyl (C=O) groups excluding carboxylic acids is 1. The Labute approximate surface area is 106 Å².